The minimum absolute atomic E-state index is 0.207. The minimum atomic E-state index is -0.926. The van der Waals surface area contributed by atoms with Crippen LogP contribution in [0.2, 0.25) is 5.02 Å². The molecule has 1 aromatic heterocycles. The fraction of sp³-hybridized carbons (Fsp3) is 0.423. The van der Waals surface area contributed by atoms with Gasteiger partial charge in [0.2, 0.25) is 0 Å². The Labute approximate surface area is 205 Å². The predicted octanol–water partition coefficient (Wildman–Crippen LogP) is 4.34. The number of β-amino-alcohol motifs (C(OH)–C–C–N with tert-alkyl or cyclic N) is 1. The lowest BCUT2D eigenvalue weighted by Crippen LogP contribution is -2.51. The molecule has 1 fully saturated rings. The molecule has 182 valence electrons. The Morgan fingerprint density at radius 2 is 2.00 bits per heavy atom. The van der Waals surface area contributed by atoms with Gasteiger partial charge in [0.1, 0.15) is 24.6 Å². The van der Waals surface area contributed by atoms with Gasteiger partial charge < -0.3 is 19.3 Å². The second-order valence-electron chi connectivity index (χ2n) is 8.86. The van der Waals surface area contributed by atoms with Crippen molar-refractivity contribution in [1.29, 1.82) is 0 Å². The number of aromatic nitrogens is 2. The number of aryl methyl sites for hydroxylation is 1. The van der Waals surface area contributed by atoms with E-state index in [1.165, 1.54) is 0 Å². The molecular weight excluding hydrogens is 454 g/mol. The lowest BCUT2D eigenvalue weighted by atomic mass is 9.93. The number of rotatable bonds is 10. The van der Waals surface area contributed by atoms with Crippen LogP contribution in [0.15, 0.2) is 54.9 Å². The van der Waals surface area contributed by atoms with Crippen LogP contribution in [0.4, 0.5) is 0 Å². The maximum absolute atomic E-state index is 11.2. The molecule has 4 rings (SSSR count). The Morgan fingerprint density at radius 1 is 1.12 bits per heavy atom. The van der Waals surface area contributed by atoms with Gasteiger partial charge in [-0.2, -0.15) is 5.10 Å². The van der Waals surface area contributed by atoms with Gasteiger partial charge in [-0.1, -0.05) is 23.7 Å². The average molecular weight is 486 g/mol. The standard InChI is InChI=1S/C26H32ClN3O4/c1-20-5-7-22(27)24(15-20)34-19-26(31)9-3-11-29(18-26)17-21-6-8-23(25(16-21)32-2)33-14-13-30-12-4-10-28-30/h4-8,10,12,15-16,31H,3,9,11,13-14,17-19H2,1-2H3/t26-/m1/s1. The molecule has 0 spiro atoms. The van der Waals surface area contributed by atoms with E-state index in [-0.39, 0.29) is 6.61 Å². The minimum Gasteiger partial charge on any atom is -0.493 e. The second kappa shape index (κ2) is 11.1. The summed E-state index contributed by atoms with van der Waals surface area (Å²) in [5.74, 6) is 2.01. The van der Waals surface area contributed by atoms with Gasteiger partial charge in [0, 0.05) is 25.5 Å². The molecule has 0 saturated carbocycles. The van der Waals surface area contributed by atoms with Crippen molar-refractivity contribution in [3.8, 4) is 17.2 Å². The normalized spacial score (nSPS) is 18.6. The third-order valence-corrected chi connectivity index (χ3v) is 6.30. The summed E-state index contributed by atoms with van der Waals surface area (Å²) in [5.41, 5.74) is 1.24. The number of methoxy groups -OCH3 is 1. The van der Waals surface area contributed by atoms with Crippen molar-refractivity contribution in [3.05, 3.63) is 71.0 Å². The van der Waals surface area contributed by atoms with Gasteiger partial charge in [0.05, 0.1) is 18.7 Å². The molecule has 7 nitrogen and oxygen atoms in total. The molecule has 2 aromatic carbocycles. The maximum atomic E-state index is 11.2. The van der Waals surface area contributed by atoms with Crippen molar-refractivity contribution in [1.82, 2.24) is 14.7 Å². The second-order valence-corrected chi connectivity index (χ2v) is 9.27. The van der Waals surface area contributed by atoms with E-state index in [4.69, 9.17) is 25.8 Å². The summed E-state index contributed by atoms with van der Waals surface area (Å²) in [6.45, 7) is 5.52. The first-order valence-electron chi connectivity index (χ1n) is 11.5. The molecular formula is C26H32ClN3O4. The van der Waals surface area contributed by atoms with Crippen LogP contribution in [0.5, 0.6) is 17.2 Å². The van der Waals surface area contributed by atoms with Crippen molar-refractivity contribution in [2.45, 2.75) is 38.5 Å². The Bertz CT molecular complexity index is 1080. The fourth-order valence-corrected chi connectivity index (χ4v) is 4.43. The van der Waals surface area contributed by atoms with E-state index < -0.39 is 5.60 Å². The van der Waals surface area contributed by atoms with Gasteiger partial charge >= 0.3 is 0 Å². The zero-order chi connectivity index (χ0) is 24.0. The number of halogens is 1. The Balaban J connectivity index is 1.33. The number of piperidine rings is 1. The highest BCUT2D eigenvalue weighted by molar-refractivity contribution is 6.32. The van der Waals surface area contributed by atoms with Crippen molar-refractivity contribution in [2.24, 2.45) is 0 Å². The SMILES string of the molecule is COc1cc(CN2CCC[C@](O)(COc3cc(C)ccc3Cl)C2)ccc1OCCn1cccn1. The molecule has 8 heteroatoms. The van der Waals surface area contributed by atoms with E-state index in [0.29, 0.717) is 54.9 Å². The van der Waals surface area contributed by atoms with Crippen LogP contribution < -0.4 is 14.2 Å². The average Bonchev–Trinajstić information content (AvgIpc) is 3.34. The third kappa shape index (κ3) is 6.44. The van der Waals surface area contributed by atoms with Crippen LogP contribution >= 0.6 is 11.6 Å². The van der Waals surface area contributed by atoms with Gasteiger partial charge in [0.25, 0.3) is 0 Å². The van der Waals surface area contributed by atoms with Gasteiger partial charge in [-0.3, -0.25) is 9.58 Å². The lowest BCUT2D eigenvalue weighted by Gasteiger charge is -2.39. The molecule has 1 saturated heterocycles. The first-order chi connectivity index (χ1) is 16.4. The van der Waals surface area contributed by atoms with Gasteiger partial charge in [-0.25, -0.2) is 0 Å². The highest BCUT2D eigenvalue weighted by Gasteiger charge is 2.34. The zero-order valence-electron chi connectivity index (χ0n) is 19.7. The molecule has 34 heavy (non-hydrogen) atoms. The zero-order valence-corrected chi connectivity index (χ0v) is 20.5. The highest BCUT2D eigenvalue weighted by Crippen LogP contribution is 2.31. The van der Waals surface area contributed by atoms with E-state index in [0.717, 1.165) is 24.1 Å². The number of nitrogens with zero attached hydrogens (tertiary/aromatic N) is 3. The summed E-state index contributed by atoms with van der Waals surface area (Å²) >= 11 is 6.25. The van der Waals surface area contributed by atoms with Crippen LogP contribution in [-0.4, -0.2) is 58.8 Å². The Hall–Kier alpha value is -2.74. The van der Waals surface area contributed by atoms with Gasteiger partial charge in [-0.05, 0) is 67.8 Å². The summed E-state index contributed by atoms with van der Waals surface area (Å²) in [6, 6.07) is 13.5. The summed E-state index contributed by atoms with van der Waals surface area (Å²) in [4.78, 5) is 2.25. The summed E-state index contributed by atoms with van der Waals surface area (Å²) < 4.78 is 19.2. The smallest absolute Gasteiger partial charge is 0.161 e. The number of hydrogen-bond donors (Lipinski definition) is 1. The van der Waals surface area contributed by atoms with E-state index in [2.05, 4.69) is 10.00 Å². The van der Waals surface area contributed by atoms with Crippen molar-refractivity contribution >= 4 is 11.6 Å². The van der Waals surface area contributed by atoms with Crippen molar-refractivity contribution < 1.29 is 19.3 Å². The molecule has 1 atom stereocenters. The molecule has 0 amide bonds. The fourth-order valence-electron chi connectivity index (χ4n) is 4.26. The highest BCUT2D eigenvalue weighted by atomic mass is 35.5. The lowest BCUT2D eigenvalue weighted by molar-refractivity contribution is -0.0621. The van der Waals surface area contributed by atoms with Crippen LogP contribution in [0.1, 0.15) is 24.0 Å². The van der Waals surface area contributed by atoms with Crippen LogP contribution in [0.25, 0.3) is 0 Å². The molecule has 0 radical (unpaired) electrons. The summed E-state index contributed by atoms with van der Waals surface area (Å²) in [7, 11) is 1.65. The molecule has 1 aliphatic heterocycles. The molecule has 2 heterocycles. The van der Waals surface area contributed by atoms with E-state index in [1.54, 1.807) is 13.3 Å². The van der Waals surface area contributed by atoms with Crippen LogP contribution in [0.3, 0.4) is 0 Å². The monoisotopic (exact) mass is 485 g/mol. The number of likely N-dealkylation sites (tertiary alicyclic amines) is 1. The largest absolute Gasteiger partial charge is 0.493 e. The predicted molar refractivity (Wildman–Crippen MR) is 132 cm³/mol. The Kier molecular flexibility index (Phi) is 7.98. The molecule has 0 bridgehead atoms. The van der Waals surface area contributed by atoms with E-state index >= 15 is 0 Å². The van der Waals surface area contributed by atoms with Gasteiger partial charge in [-0.15, -0.1) is 0 Å². The van der Waals surface area contributed by atoms with Gasteiger partial charge in [0.15, 0.2) is 11.5 Å². The van der Waals surface area contributed by atoms with E-state index in [9.17, 15) is 5.11 Å². The summed E-state index contributed by atoms with van der Waals surface area (Å²) in [5, 5.41) is 15.9. The summed E-state index contributed by atoms with van der Waals surface area (Å²) in [6.07, 6.45) is 5.25. The Morgan fingerprint density at radius 3 is 2.79 bits per heavy atom. The number of ether oxygens (including phenoxy) is 3. The van der Waals surface area contributed by atoms with Crippen LogP contribution in [0, 0.1) is 6.92 Å². The number of benzene rings is 2. The van der Waals surface area contributed by atoms with E-state index in [1.807, 2.05) is 60.3 Å². The van der Waals surface area contributed by atoms with Crippen LogP contribution in [-0.2, 0) is 13.1 Å². The van der Waals surface area contributed by atoms with Crippen molar-refractivity contribution in [2.75, 3.05) is 33.4 Å². The molecule has 1 N–H and O–H groups in total. The number of hydrogen-bond acceptors (Lipinski definition) is 6. The molecule has 1 aliphatic rings. The maximum Gasteiger partial charge on any atom is 0.161 e. The first-order valence-corrected chi connectivity index (χ1v) is 11.9. The molecule has 0 unspecified atom stereocenters. The quantitative estimate of drug-likeness (QED) is 0.460. The van der Waals surface area contributed by atoms with Crippen molar-refractivity contribution in [3.63, 3.8) is 0 Å². The number of aliphatic hydroxyl groups is 1. The third-order valence-electron chi connectivity index (χ3n) is 5.99. The molecule has 3 aromatic rings. The molecule has 0 aliphatic carbocycles. The first kappa shape index (κ1) is 24.4. The topological polar surface area (TPSA) is 69.0 Å².